The summed E-state index contributed by atoms with van der Waals surface area (Å²) < 4.78 is 6.07. The first-order valence-electron chi connectivity index (χ1n) is 8.72. The predicted molar refractivity (Wildman–Crippen MR) is 91.3 cm³/mol. The van der Waals surface area contributed by atoms with Gasteiger partial charge in [0, 0.05) is 36.2 Å². The van der Waals surface area contributed by atoms with Gasteiger partial charge in [-0.1, -0.05) is 12.5 Å². The van der Waals surface area contributed by atoms with E-state index in [2.05, 4.69) is 44.7 Å². The van der Waals surface area contributed by atoms with Gasteiger partial charge in [-0.3, -0.25) is 4.90 Å². The number of nitrogens with zero attached hydrogens (tertiary/aromatic N) is 1. The molecule has 1 aromatic carbocycles. The second-order valence-corrected chi connectivity index (χ2v) is 7.42. The van der Waals surface area contributed by atoms with E-state index in [1.807, 2.05) is 0 Å². The Labute approximate surface area is 134 Å². The van der Waals surface area contributed by atoms with Crippen LogP contribution in [0.4, 0.5) is 0 Å². The van der Waals surface area contributed by atoms with Gasteiger partial charge in [-0.25, -0.2) is 0 Å². The van der Waals surface area contributed by atoms with Crippen molar-refractivity contribution in [2.45, 2.75) is 65.1 Å². The van der Waals surface area contributed by atoms with E-state index in [9.17, 15) is 0 Å². The highest BCUT2D eigenvalue weighted by molar-refractivity contribution is 5.46. The number of rotatable bonds is 2. The molecule has 0 spiro atoms. The lowest BCUT2D eigenvalue weighted by atomic mass is 9.86. The van der Waals surface area contributed by atoms with Crippen LogP contribution in [0.15, 0.2) is 12.1 Å². The highest BCUT2D eigenvalue weighted by Crippen LogP contribution is 2.38. The third-order valence-electron chi connectivity index (χ3n) is 5.61. The van der Waals surface area contributed by atoms with Crippen LogP contribution in [0.3, 0.4) is 0 Å². The van der Waals surface area contributed by atoms with E-state index >= 15 is 0 Å². The Balaban J connectivity index is 1.79. The molecule has 1 fully saturated rings. The number of benzene rings is 1. The molecule has 0 bridgehead atoms. The van der Waals surface area contributed by atoms with Crippen molar-refractivity contribution in [1.29, 1.82) is 0 Å². The van der Waals surface area contributed by atoms with Crippen molar-refractivity contribution < 1.29 is 4.74 Å². The van der Waals surface area contributed by atoms with Crippen LogP contribution in [0.1, 0.15) is 55.8 Å². The summed E-state index contributed by atoms with van der Waals surface area (Å²) in [5.74, 6) is 1.39. The van der Waals surface area contributed by atoms with Crippen molar-refractivity contribution in [2.75, 3.05) is 13.2 Å². The fourth-order valence-electron chi connectivity index (χ4n) is 4.29. The van der Waals surface area contributed by atoms with Crippen molar-refractivity contribution in [3.63, 3.8) is 0 Å². The Bertz CT molecular complexity index is 532. The maximum Gasteiger partial charge on any atom is 0.124 e. The molecule has 22 heavy (non-hydrogen) atoms. The van der Waals surface area contributed by atoms with Crippen LogP contribution in [0.2, 0.25) is 0 Å². The number of hydrogen-bond acceptors (Lipinski definition) is 3. The SMILES string of the molecule is Cc1cc(C)c2c(c1)OCC(CN1C(C)CCCC1C)C2N. The maximum absolute atomic E-state index is 6.64. The largest absolute Gasteiger partial charge is 0.493 e. The molecule has 2 aliphatic heterocycles. The molecule has 3 nitrogen and oxygen atoms in total. The molecule has 3 heteroatoms. The Hall–Kier alpha value is -1.06. The Kier molecular flexibility index (Phi) is 4.47. The van der Waals surface area contributed by atoms with Crippen molar-refractivity contribution in [3.05, 3.63) is 28.8 Å². The van der Waals surface area contributed by atoms with Crippen molar-refractivity contribution in [1.82, 2.24) is 4.90 Å². The van der Waals surface area contributed by atoms with Gasteiger partial charge in [-0.05, 0) is 57.7 Å². The summed E-state index contributed by atoms with van der Waals surface area (Å²) in [6.07, 6.45) is 3.97. The number of likely N-dealkylation sites (tertiary alicyclic amines) is 1. The first-order valence-corrected chi connectivity index (χ1v) is 8.72. The van der Waals surface area contributed by atoms with Crippen LogP contribution < -0.4 is 10.5 Å². The standard InChI is InChI=1S/C19H30N2O/c1-12-8-13(2)18-17(9-12)22-11-16(19(18)20)10-21-14(3)6-5-7-15(21)4/h8-9,14-16,19H,5-7,10-11,20H2,1-4H3. The van der Waals surface area contributed by atoms with Gasteiger partial charge in [0.05, 0.1) is 6.61 Å². The highest BCUT2D eigenvalue weighted by atomic mass is 16.5. The summed E-state index contributed by atoms with van der Waals surface area (Å²) in [6, 6.07) is 5.76. The molecular formula is C19H30N2O. The van der Waals surface area contributed by atoms with Crippen molar-refractivity contribution in [3.8, 4) is 5.75 Å². The molecule has 3 rings (SSSR count). The first kappa shape index (κ1) is 15.8. The number of ether oxygens (including phenoxy) is 1. The number of nitrogens with two attached hydrogens (primary N) is 1. The molecule has 2 heterocycles. The molecule has 1 saturated heterocycles. The Morgan fingerprint density at radius 1 is 1.18 bits per heavy atom. The maximum atomic E-state index is 6.64. The lowest BCUT2D eigenvalue weighted by molar-refractivity contribution is 0.0577. The number of aryl methyl sites for hydroxylation is 2. The number of hydrogen-bond donors (Lipinski definition) is 1. The molecule has 0 radical (unpaired) electrons. The quantitative estimate of drug-likeness (QED) is 0.907. The summed E-state index contributed by atoms with van der Waals surface area (Å²) in [5.41, 5.74) is 10.4. The van der Waals surface area contributed by atoms with Crippen LogP contribution in [0.5, 0.6) is 5.75 Å². The van der Waals surface area contributed by atoms with Crippen LogP contribution in [-0.2, 0) is 0 Å². The Morgan fingerprint density at radius 2 is 1.86 bits per heavy atom. The molecule has 4 unspecified atom stereocenters. The van der Waals surface area contributed by atoms with Crippen molar-refractivity contribution in [2.24, 2.45) is 11.7 Å². The molecule has 0 amide bonds. The van der Waals surface area contributed by atoms with E-state index in [1.165, 1.54) is 36.0 Å². The van der Waals surface area contributed by atoms with E-state index in [0.717, 1.165) is 18.9 Å². The zero-order valence-corrected chi connectivity index (χ0v) is 14.4. The molecule has 2 N–H and O–H groups in total. The van der Waals surface area contributed by atoms with Gasteiger partial charge < -0.3 is 10.5 Å². The third kappa shape index (κ3) is 2.89. The zero-order valence-electron chi connectivity index (χ0n) is 14.4. The molecule has 2 aliphatic rings. The first-order chi connectivity index (χ1) is 10.5. The smallest absolute Gasteiger partial charge is 0.124 e. The summed E-state index contributed by atoms with van der Waals surface area (Å²) >= 11 is 0. The van der Waals surface area contributed by atoms with Crippen molar-refractivity contribution >= 4 is 0 Å². The second-order valence-electron chi connectivity index (χ2n) is 7.42. The van der Waals surface area contributed by atoms with Gasteiger partial charge in [0.1, 0.15) is 5.75 Å². The number of fused-ring (bicyclic) bond motifs is 1. The molecule has 0 aliphatic carbocycles. The fraction of sp³-hybridized carbons (Fsp3) is 0.684. The second kappa shape index (κ2) is 6.21. The van der Waals surface area contributed by atoms with Gasteiger partial charge in [0.25, 0.3) is 0 Å². The third-order valence-corrected chi connectivity index (χ3v) is 5.61. The topological polar surface area (TPSA) is 38.5 Å². The minimum Gasteiger partial charge on any atom is -0.493 e. The summed E-state index contributed by atoms with van der Waals surface area (Å²) in [6.45, 7) is 10.8. The normalized spacial score (nSPS) is 32.4. The van der Waals surface area contributed by atoms with E-state index in [-0.39, 0.29) is 6.04 Å². The van der Waals surface area contributed by atoms with Crippen LogP contribution >= 0.6 is 0 Å². The summed E-state index contributed by atoms with van der Waals surface area (Å²) in [5, 5.41) is 0. The average molecular weight is 302 g/mol. The van der Waals surface area contributed by atoms with Crippen LogP contribution in [-0.4, -0.2) is 30.1 Å². The predicted octanol–water partition coefficient (Wildman–Crippen LogP) is 3.57. The number of piperidine rings is 1. The van der Waals surface area contributed by atoms with E-state index in [1.54, 1.807) is 0 Å². The van der Waals surface area contributed by atoms with Crippen LogP contribution in [0, 0.1) is 19.8 Å². The van der Waals surface area contributed by atoms with Crippen LogP contribution in [0.25, 0.3) is 0 Å². The monoisotopic (exact) mass is 302 g/mol. The summed E-state index contributed by atoms with van der Waals surface area (Å²) in [4.78, 5) is 2.64. The lowest BCUT2D eigenvalue weighted by Gasteiger charge is -2.43. The minimum atomic E-state index is 0.0886. The lowest BCUT2D eigenvalue weighted by Crippen LogP contribution is -2.49. The van der Waals surface area contributed by atoms with Gasteiger partial charge >= 0.3 is 0 Å². The minimum absolute atomic E-state index is 0.0886. The molecule has 4 atom stereocenters. The van der Waals surface area contributed by atoms with E-state index in [0.29, 0.717) is 18.0 Å². The summed E-state index contributed by atoms with van der Waals surface area (Å²) in [7, 11) is 0. The van der Waals surface area contributed by atoms with Gasteiger partial charge in [0.15, 0.2) is 0 Å². The molecule has 122 valence electrons. The van der Waals surface area contributed by atoms with Gasteiger partial charge in [0.2, 0.25) is 0 Å². The molecule has 0 aromatic heterocycles. The van der Waals surface area contributed by atoms with E-state index in [4.69, 9.17) is 10.5 Å². The van der Waals surface area contributed by atoms with E-state index < -0.39 is 0 Å². The van der Waals surface area contributed by atoms with Gasteiger partial charge in [-0.15, -0.1) is 0 Å². The molecule has 1 aromatic rings. The molecule has 0 saturated carbocycles. The Morgan fingerprint density at radius 3 is 2.55 bits per heavy atom. The molecular weight excluding hydrogens is 272 g/mol. The fourth-order valence-corrected chi connectivity index (χ4v) is 4.29. The zero-order chi connectivity index (χ0) is 15.9. The van der Waals surface area contributed by atoms with Gasteiger partial charge in [-0.2, -0.15) is 0 Å². The average Bonchev–Trinajstić information content (AvgIpc) is 2.44. The highest BCUT2D eigenvalue weighted by Gasteiger charge is 2.34.